The van der Waals surface area contributed by atoms with Crippen LogP contribution in [0.25, 0.3) is 0 Å². The zero-order valence-electron chi connectivity index (χ0n) is 9.73. The van der Waals surface area contributed by atoms with E-state index in [1.807, 2.05) is 30.3 Å². The predicted octanol–water partition coefficient (Wildman–Crippen LogP) is 4.08. The third kappa shape index (κ3) is 2.61. The monoisotopic (exact) mass is 282 g/mol. The van der Waals surface area contributed by atoms with E-state index in [0.717, 1.165) is 5.56 Å². The Morgan fingerprint density at radius 2 is 1.78 bits per heavy atom. The van der Waals surface area contributed by atoms with Gasteiger partial charge in [0.25, 0.3) is 0 Å². The van der Waals surface area contributed by atoms with Crippen LogP contribution in [0.3, 0.4) is 0 Å². The van der Waals surface area contributed by atoms with Gasteiger partial charge in [-0.25, -0.2) is 0 Å². The zero-order chi connectivity index (χ0) is 13.1. The van der Waals surface area contributed by atoms with Crippen LogP contribution in [0, 0.1) is 0 Å². The molecule has 1 N–H and O–H groups in total. The molecule has 2 aromatic carbocycles. The highest BCUT2D eigenvalue weighted by atomic mass is 35.5. The van der Waals surface area contributed by atoms with E-state index in [2.05, 4.69) is 0 Å². The van der Waals surface area contributed by atoms with Gasteiger partial charge in [0.05, 0.1) is 12.1 Å². The lowest BCUT2D eigenvalue weighted by molar-refractivity contribution is 0.220. The summed E-state index contributed by atoms with van der Waals surface area (Å²) in [4.78, 5) is 0. The molecule has 1 atom stereocenters. The van der Waals surface area contributed by atoms with E-state index >= 15 is 0 Å². The summed E-state index contributed by atoms with van der Waals surface area (Å²) < 4.78 is 5.12. The maximum absolute atomic E-state index is 10.3. The van der Waals surface area contributed by atoms with Crippen LogP contribution in [0.5, 0.6) is 5.75 Å². The average Bonchev–Trinajstić information content (AvgIpc) is 2.41. The molecule has 2 rings (SSSR count). The maximum atomic E-state index is 10.3. The van der Waals surface area contributed by atoms with Crippen LogP contribution in [0.1, 0.15) is 17.2 Å². The molecule has 0 aliphatic heterocycles. The number of ether oxygens (including phenoxy) is 1. The molecule has 0 aliphatic carbocycles. The van der Waals surface area contributed by atoms with Crippen LogP contribution in [-0.2, 0) is 0 Å². The van der Waals surface area contributed by atoms with Gasteiger partial charge >= 0.3 is 0 Å². The van der Waals surface area contributed by atoms with E-state index in [0.29, 0.717) is 21.4 Å². The van der Waals surface area contributed by atoms with Crippen LogP contribution in [-0.4, -0.2) is 12.2 Å². The van der Waals surface area contributed by atoms with Gasteiger partial charge in [0.2, 0.25) is 0 Å². The van der Waals surface area contributed by atoms with E-state index in [1.54, 1.807) is 12.1 Å². The summed E-state index contributed by atoms with van der Waals surface area (Å²) in [6.07, 6.45) is -0.828. The van der Waals surface area contributed by atoms with E-state index in [9.17, 15) is 5.11 Å². The zero-order valence-corrected chi connectivity index (χ0v) is 11.2. The molecule has 0 bridgehead atoms. The van der Waals surface area contributed by atoms with Crippen molar-refractivity contribution in [3.8, 4) is 5.75 Å². The van der Waals surface area contributed by atoms with Crippen LogP contribution in [0.15, 0.2) is 42.5 Å². The van der Waals surface area contributed by atoms with E-state index in [1.165, 1.54) is 7.11 Å². The molecular formula is C14H12Cl2O2. The Labute approximate surface area is 116 Å². The van der Waals surface area contributed by atoms with Crippen molar-refractivity contribution in [1.29, 1.82) is 0 Å². The van der Waals surface area contributed by atoms with Gasteiger partial charge < -0.3 is 9.84 Å². The van der Waals surface area contributed by atoms with E-state index in [-0.39, 0.29) is 0 Å². The van der Waals surface area contributed by atoms with E-state index < -0.39 is 6.10 Å². The number of benzene rings is 2. The Balaban J connectivity index is 2.48. The van der Waals surface area contributed by atoms with Crippen molar-refractivity contribution in [3.63, 3.8) is 0 Å². The minimum atomic E-state index is -0.828. The molecule has 0 heterocycles. The van der Waals surface area contributed by atoms with Gasteiger partial charge in [-0.3, -0.25) is 0 Å². The van der Waals surface area contributed by atoms with Crippen LogP contribution in [0.4, 0.5) is 0 Å². The molecule has 0 aliphatic rings. The fourth-order valence-corrected chi connectivity index (χ4v) is 2.25. The summed E-state index contributed by atoms with van der Waals surface area (Å²) in [5.41, 5.74) is 1.29. The van der Waals surface area contributed by atoms with Crippen molar-refractivity contribution in [2.24, 2.45) is 0 Å². The summed E-state index contributed by atoms with van der Waals surface area (Å²) in [5.74, 6) is 0.453. The molecule has 0 saturated carbocycles. The second-order valence-electron chi connectivity index (χ2n) is 3.82. The van der Waals surface area contributed by atoms with E-state index in [4.69, 9.17) is 27.9 Å². The molecule has 0 radical (unpaired) electrons. The number of methoxy groups -OCH3 is 1. The number of rotatable bonds is 3. The van der Waals surface area contributed by atoms with Crippen molar-refractivity contribution >= 4 is 23.2 Å². The van der Waals surface area contributed by atoms with Crippen LogP contribution >= 0.6 is 23.2 Å². The quantitative estimate of drug-likeness (QED) is 0.919. The van der Waals surface area contributed by atoms with Crippen molar-refractivity contribution in [3.05, 3.63) is 63.6 Å². The molecule has 0 fully saturated rings. The lowest BCUT2D eigenvalue weighted by Gasteiger charge is -2.15. The number of aliphatic hydroxyl groups is 1. The second-order valence-corrected chi connectivity index (χ2v) is 4.64. The molecule has 2 aromatic rings. The molecular weight excluding hydrogens is 271 g/mol. The standard InChI is InChI=1S/C14H12Cl2O2/c1-18-12-8-10(15)7-11(13(12)16)14(17)9-5-3-2-4-6-9/h2-8,14,17H,1H3. The van der Waals surface area contributed by atoms with Crippen molar-refractivity contribution in [2.45, 2.75) is 6.10 Å². The topological polar surface area (TPSA) is 29.5 Å². The van der Waals surface area contributed by atoms with Crippen molar-refractivity contribution in [2.75, 3.05) is 7.11 Å². The maximum Gasteiger partial charge on any atom is 0.139 e. The van der Waals surface area contributed by atoms with Gasteiger partial charge in [0, 0.05) is 16.7 Å². The van der Waals surface area contributed by atoms with Gasteiger partial charge in [-0.1, -0.05) is 53.5 Å². The Kier molecular flexibility index (Phi) is 4.12. The van der Waals surface area contributed by atoms with Crippen LogP contribution < -0.4 is 4.74 Å². The molecule has 1 unspecified atom stereocenters. The number of hydrogen-bond acceptors (Lipinski definition) is 2. The first-order valence-corrected chi connectivity index (χ1v) is 6.15. The number of hydrogen-bond donors (Lipinski definition) is 1. The first-order chi connectivity index (χ1) is 8.63. The molecule has 0 amide bonds. The summed E-state index contributed by atoms with van der Waals surface area (Å²) >= 11 is 12.2. The Morgan fingerprint density at radius 3 is 2.39 bits per heavy atom. The Hall–Kier alpha value is -1.22. The van der Waals surface area contributed by atoms with Gasteiger partial charge in [-0.05, 0) is 11.6 Å². The SMILES string of the molecule is COc1cc(Cl)cc(C(O)c2ccccc2)c1Cl. The van der Waals surface area contributed by atoms with Crippen molar-refractivity contribution < 1.29 is 9.84 Å². The number of halogens is 2. The molecule has 0 aromatic heterocycles. The fraction of sp³-hybridized carbons (Fsp3) is 0.143. The molecule has 94 valence electrons. The van der Waals surface area contributed by atoms with Gasteiger partial charge in [-0.2, -0.15) is 0 Å². The van der Waals surface area contributed by atoms with Crippen molar-refractivity contribution in [1.82, 2.24) is 0 Å². The third-order valence-electron chi connectivity index (χ3n) is 2.66. The largest absolute Gasteiger partial charge is 0.495 e. The molecule has 0 spiro atoms. The highest BCUT2D eigenvalue weighted by Gasteiger charge is 2.17. The first-order valence-electron chi connectivity index (χ1n) is 5.39. The minimum Gasteiger partial charge on any atom is -0.495 e. The Morgan fingerprint density at radius 1 is 1.11 bits per heavy atom. The highest BCUT2D eigenvalue weighted by molar-refractivity contribution is 6.35. The predicted molar refractivity (Wildman–Crippen MR) is 73.5 cm³/mol. The highest BCUT2D eigenvalue weighted by Crippen LogP contribution is 2.37. The fourth-order valence-electron chi connectivity index (χ4n) is 1.75. The normalized spacial score (nSPS) is 12.2. The number of aliphatic hydroxyl groups excluding tert-OH is 1. The smallest absolute Gasteiger partial charge is 0.139 e. The third-order valence-corrected chi connectivity index (χ3v) is 3.28. The lowest BCUT2D eigenvalue weighted by Crippen LogP contribution is -2.01. The van der Waals surface area contributed by atoms with Gasteiger partial charge in [-0.15, -0.1) is 0 Å². The van der Waals surface area contributed by atoms with Gasteiger partial charge in [0.1, 0.15) is 11.9 Å². The van der Waals surface area contributed by atoms with Gasteiger partial charge in [0.15, 0.2) is 0 Å². The summed E-state index contributed by atoms with van der Waals surface area (Å²) in [5, 5.41) is 11.2. The summed E-state index contributed by atoms with van der Waals surface area (Å²) in [6.45, 7) is 0. The second kappa shape index (κ2) is 5.61. The average molecular weight is 283 g/mol. The molecule has 18 heavy (non-hydrogen) atoms. The minimum absolute atomic E-state index is 0.373. The molecule has 2 nitrogen and oxygen atoms in total. The van der Waals surface area contributed by atoms with Crippen LogP contribution in [0.2, 0.25) is 10.0 Å². The lowest BCUT2D eigenvalue weighted by atomic mass is 10.0. The Bertz CT molecular complexity index is 541. The summed E-state index contributed by atoms with van der Waals surface area (Å²) in [6, 6.07) is 12.5. The molecule has 4 heteroatoms. The summed E-state index contributed by atoms with van der Waals surface area (Å²) in [7, 11) is 1.51. The first kappa shape index (κ1) is 13.2. The molecule has 0 saturated heterocycles.